The van der Waals surface area contributed by atoms with Crippen LogP contribution in [0.1, 0.15) is 17.0 Å². The third-order valence-electron chi connectivity index (χ3n) is 3.34. The van der Waals surface area contributed by atoms with Gasteiger partial charge < -0.3 is 4.74 Å². The minimum absolute atomic E-state index is 0.233. The summed E-state index contributed by atoms with van der Waals surface area (Å²) >= 11 is 0. The lowest BCUT2D eigenvalue weighted by Gasteiger charge is -2.14. The number of Topliss-reactive ketones (excluding diaryl/α,β-unsaturated/α-hetero) is 1. The van der Waals surface area contributed by atoms with Gasteiger partial charge in [-0.3, -0.25) is 9.79 Å². The molecule has 3 nitrogen and oxygen atoms in total. The van der Waals surface area contributed by atoms with Gasteiger partial charge in [0.05, 0.1) is 11.5 Å². The molecule has 0 spiro atoms. The van der Waals surface area contributed by atoms with Crippen LogP contribution >= 0.6 is 0 Å². The zero-order chi connectivity index (χ0) is 17.6. The Hall–Kier alpha value is -2.63. The highest BCUT2D eigenvalue weighted by Crippen LogP contribution is 2.31. The molecule has 1 atom stereocenters. The fourth-order valence-electron chi connectivity index (χ4n) is 2.17. The Morgan fingerprint density at radius 3 is 2.50 bits per heavy atom. The SMILES string of the molecule is CN=CC(C(=O)COc1ccccc1)c1cccc(C(F)(F)F)c1. The van der Waals surface area contributed by atoms with Crippen molar-refractivity contribution >= 4 is 12.0 Å². The maximum Gasteiger partial charge on any atom is 0.416 e. The van der Waals surface area contributed by atoms with Gasteiger partial charge in [-0.2, -0.15) is 13.2 Å². The standard InChI is InChI=1S/C18H16F3NO2/c1-22-11-16(13-6-5-7-14(10-13)18(19,20)21)17(23)12-24-15-8-3-2-4-9-15/h2-11,16H,12H2,1H3. The Labute approximate surface area is 137 Å². The fourth-order valence-corrected chi connectivity index (χ4v) is 2.17. The lowest BCUT2D eigenvalue weighted by atomic mass is 9.94. The summed E-state index contributed by atoms with van der Waals surface area (Å²) in [4.78, 5) is 16.2. The van der Waals surface area contributed by atoms with E-state index in [-0.39, 0.29) is 18.0 Å². The second-order valence-corrected chi connectivity index (χ2v) is 5.08. The van der Waals surface area contributed by atoms with E-state index in [1.54, 1.807) is 24.3 Å². The molecular weight excluding hydrogens is 319 g/mol. The van der Waals surface area contributed by atoms with Crippen LogP contribution in [0.3, 0.4) is 0 Å². The van der Waals surface area contributed by atoms with Crippen LogP contribution in [0.25, 0.3) is 0 Å². The summed E-state index contributed by atoms with van der Waals surface area (Å²) in [6.07, 6.45) is -3.14. The molecule has 2 aromatic carbocycles. The number of ether oxygens (including phenoxy) is 1. The molecule has 0 saturated carbocycles. The number of hydrogen-bond acceptors (Lipinski definition) is 3. The van der Waals surface area contributed by atoms with Gasteiger partial charge in [-0.25, -0.2) is 0 Å². The number of ketones is 1. The lowest BCUT2D eigenvalue weighted by Crippen LogP contribution is -2.21. The van der Waals surface area contributed by atoms with Crippen molar-refractivity contribution in [1.82, 2.24) is 0 Å². The smallest absolute Gasteiger partial charge is 0.416 e. The monoisotopic (exact) mass is 335 g/mol. The molecule has 0 aliphatic rings. The first-order valence-corrected chi connectivity index (χ1v) is 7.22. The molecule has 0 fully saturated rings. The van der Waals surface area contributed by atoms with Crippen LogP contribution in [0.2, 0.25) is 0 Å². The average Bonchev–Trinajstić information content (AvgIpc) is 2.58. The van der Waals surface area contributed by atoms with Crippen molar-refractivity contribution < 1.29 is 22.7 Å². The Kier molecular flexibility index (Phi) is 5.73. The van der Waals surface area contributed by atoms with Crippen molar-refractivity contribution in [2.75, 3.05) is 13.7 Å². The maximum absolute atomic E-state index is 12.8. The van der Waals surface area contributed by atoms with E-state index in [0.717, 1.165) is 12.1 Å². The van der Waals surface area contributed by atoms with Gasteiger partial charge in [0.1, 0.15) is 12.4 Å². The molecule has 0 aromatic heterocycles. The molecule has 0 N–H and O–H groups in total. The topological polar surface area (TPSA) is 38.7 Å². The highest BCUT2D eigenvalue weighted by Gasteiger charge is 2.31. The number of nitrogens with zero attached hydrogens (tertiary/aromatic N) is 1. The number of benzene rings is 2. The number of para-hydroxylation sites is 1. The minimum Gasteiger partial charge on any atom is -0.486 e. The second kappa shape index (κ2) is 7.77. The molecule has 1 unspecified atom stereocenters. The quantitative estimate of drug-likeness (QED) is 0.744. The number of halogens is 3. The third-order valence-corrected chi connectivity index (χ3v) is 3.34. The Morgan fingerprint density at radius 1 is 1.17 bits per heavy atom. The molecule has 0 radical (unpaired) electrons. The van der Waals surface area contributed by atoms with Crippen molar-refractivity contribution in [2.24, 2.45) is 4.99 Å². The summed E-state index contributed by atoms with van der Waals surface area (Å²) in [7, 11) is 1.46. The first-order chi connectivity index (χ1) is 11.4. The van der Waals surface area contributed by atoms with E-state index < -0.39 is 17.7 Å². The summed E-state index contributed by atoms with van der Waals surface area (Å²) in [6.45, 7) is -0.253. The Balaban J connectivity index is 2.18. The van der Waals surface area contributed by atoms with Crippen molar-refractivity contribution in [3.8, 4) is 5.75 Å². The Bertz CT molecular complexity index is 712. The predicted molar refractivity (Wildman–Crippen MR) is 85.5 cm³/mol. The van der Waals surface area contributed by atoms with E-state index >= 15 is 0 Å². The molecule has 2 aromatic rings. The first-order valence-electron chi connectivity index (χ1n) is 7.22. The predicted octanol–water partition coefficient (Wildman–Crippen LogP) is 4.14. The number of alkyl halides is 3. The van der Waals surface area contributed by atoms with Crippen LogP contribution in [-0.2, 0) is 11.0 Å². The highest BCUT2D eigenvalue weighted by molar-refractivity contribution is 6.01. The van der Waals surface area contributed by atoms with Crippen LogP contribution in [-0.4, -0.2) is 25.7 Å². The summed E-state index contributed by atoms with van der Waals surface area (Å²) in [5, 5.41) is 0. The van der Waals surface area contributed by atoms with E-state index in [2.05, 4.69) is 4.99 Å². The van der Waals surface area contributed by atoms with Crippen molar-refractivity contribution in [1.29, 1.82) is 0 Å². The molecule has 2 rings (SSSR count). The number of carbonyl (C=O) groups excluding carboxylic acids is 1. The van der Waals surface area contributed by atoms with Crippen molar-refractivity contribution in [3.63, 3.8) is 0 Å². The van der Waals surface area contributed by atoms with Crippen molar-refractivity contribution in [2.45, 2.75) is 12.1 Å². The van der Waals surface area contributed by atoms with E-state index in [4.69, 9.17) is 4.74 Å². The molecule has 24 heavy (non-hydrogen) atoms. The van der Waals surface area contributed by atoms with Crippen LogP contribution in [0.5, 0.6) is 5.75 Å². The highest BCUT2D eigenvalue weighted by atomic mass is 19.4. The summed E-state index contributed by atoms with van der Waals surface area (Å²) in [5.74, 6) is -0.744. The maximum atomic E-state index is 12.8. The van der Waals surface area contributed by atoms with Gasteiger partial charge >= 0.3 is 6.18 Å². The van der Waals surface area contributed by atoms with Crippen molar-refractivity contribution in [3.05, 3.63) is 65.7 Å². The molecular formula is C18H16F3NO2. The molecule has 0 saturated heterocycles. The van der Waals surface area contributed by atoms with E-state index in [0.29, 0.717) is 5.75 Å². The molecule has 0 amide bonds. The zero-order valence-electron chi connectivity index (χ0n) is 13.0. The molecule has 0 aliphatic carbocycles. The molecule has 6 heteroatoms. The van der Waals surface area contributed by atoms with Gasteiger partial charge in [0.2, 0.25) is 0 Å². The molecule has 0 heterocycles. The van der Waals surface area contributed by atoms with Gasteiger partial charge in [0.15, 0.2) is 5.78 Å². The van der Waals surface area contributed by atoms with Crippen LogP contribution < -0.4 is 4.74 Å². The third kappa shape index (κ3) is 4.68. The van der Waals surface area contributed by atoms with E-state index in [1.165, 1.54) is 25.4 Å². The van der Waals surface area contributed by atoms with Crippen LogP contribution in [0.15, 0.2) is 59.6 Å². The summed E-state index contributed by atoms with van der Waals surface area (Å²) in [5.41, 5.74) is -0.566. The van der Waals surface area contributed by atoms with Gasteiger partial charge in [-0.05, 0) is 23.8 Å². The number of hydrogen-bond donors (Lipinski definition) is 0. The molecule has 0 aliphatic heterocycles. The second-order valence-electron chi connectivity index (χ2n) is 5.08. The van der Waals surface area contributed by atoms with E-state index in [1.807, 2.05) is 6.07 Å². The fraction of sp³-hybridized carbons (Fsp3) is 0.222. The minimum atomic E-state index is -4.46. The summed E-state index contributed by atoms with van der Waals surface area (Å²) in [6, 6.07) is 13.4. The van der Waals surface area contributed by atoms with Crippen LogP contribution in [0.4, 0.5) is 13.2 Å². The van der Waals surface area contributed by atoms with Crippen LogP contribution in [0, 0.1) is 0 Å². The van der Waals surface area contributed by atoms with E-state index in [9.17, 15) is 18.0 Å². The number of carbonyl (C=O) groups is 1. The average molecular weight is 335 g/mol. The van der Waals surface area contributed by atoms with Gasteiger partial charge in [0, 0.05) is 13.3 Å². The van der Waals surface area contributed by atoms with Gasteiger partial charge in [0.25, 0.3) is 0 Å². The summed E-state index contributed by atoms with van der Waals surface area (Å²) < 4.78 is 43.9. The first kappa shape index (κ1) is 17.7. The zero-order valence-corrected chi connectivity index (χ0v) is 13.0. The molecule has 126 valence electrons. The largest absolute Gasteiger partial charge is 0.486 e. The molecule has 0 bridgehead atoms. The normalized spacial score (nSPS) is 13.0. The van der Waals surface area contributed by atoms with Gasteiger partial charge in [-0.1, -0.05) is 36.4 Å². The number of aliphatic imine (C=N–C) groups is 1. The lowest BCUT2D eigenvalue weighted by molar-refractivity contribution is -0.137. The Morgan fingerprint density at radius 2 is 1.88 bits per heavy atom. The number of rotatable bonds is 6. The van der Waals surface area contributed by atoms with Gasteiger partial charge in [-0.15, -0.1) is 0 Å².